The van der Waals surface area contributed by atoms with Gasteiger partial charge in [-0.1, -0.05) is 6.92 Å². The average molecular weight is 312 g/mol. The molecule has 1 amide bonds. The van der Waals surface area contributed by atoms with Crippen LogP contribution in [0.2, 0.25) is 0 Å². The molecule has 2 atom stereocenters. The van der Waals surface area contributed by atoms with E-state index in [2.05, 4.69) is 12.2 Å². The second-order valence-electron chi connectivity index (χ2n) is 8.10. The van der Waals surface area contributed by atoms with Crippen molar-refractivity contribution in [3.8, 4) is 0 Å². The molecule has 5 heteroatoms. The van der Waals surface area contributed by atoms with Gasteiger partial charge >= 0.3 is 6.09 Å². The summed E-state index contributed by atoms with van der Waals surface area (Å²) in [6, 6.07) is 0.678. The average Bonchev–Trinajstić information content (AvgIpc) is 3.12. The van der Waals surface area contributed by atoms with Crippen molar-refractivity contribution in [2.75, 3.05) is 33.4 Å². The molecule has 1 aliphatic carbocycles. The van der Waals surface area contributed by atoms with E-state index < -0.39 is 5.60 Å². The first-order chi connectivity index (χ1) is 10.2. The van der Waals surface area contributed by atoms with Crippen LogP contribution in [0.4, 0.5) is 4.79 Å². The maximum Gasteiger partial charge on any atom is 0.410 e. The van der Waals surface area contributed by atoms with Crippen LogP contribution in [-0.4, -0.2) is 56.0 Å². The summed E-state index contributed by atoms with van der Waals surface area (Å²) in [6.07, 6.45) is 3.03. The molecule has 5 nitrogen and oxygen atoms in total. The zero-order chi connectivity index (χ0) is 16.4. The van der Waals surface area contributed by atoms with Crippen molar-refractivity contribution in [2.45, 2.75) is 58.6 Å². The van der Waals surface area contributed by atoms with Crippen molar-refractivity contribution < 1.29 is 14.3 Å². The first-order valence-electron chi connectivity index (χ1n) is 8.45. The van der Waals surface area contributed by atoms with Gasteiger partial charge in [0.25, 0.3) is 0 Å². The van der Waals surface area contributed by atoms with E-state index in [1.807, 2.05) is 25.7 Å². The number of nitrogens with zero attached hydrogens (tertiary/aromatic N) is 1. The molecular formula is C17H32N2O3. The molecule has 1 saturated heterocycles. The standard InChI is InChI=1S/C17H32N2O3/c1-13-10-14(13)18-11-17(12-21-5)6-8-19(9-7-17)15(20)22-16(2,3)4/h13-14,18H,6-12H2,1-5H3/t13-,14-/m1/s1. The smallest absolute Gasteiger partial charge is 0.410 e. The van der Waals surface area contributed by atoms with Crippen LogP contribution in [0.15, 0.2) is 0 Å². The molecule has 0 aromatic rings. The molecule has 2 rings (SSSR count). The molecule has 1 aliphatic heterocycles. The third-order valence-electron chi connectivity index (χ3n) is 4.78. The van der Waals surface area contributed by atoms with Crippen molar-refractivity contribution in [3.63, 3.8) is 0 Å². The summed E-state index contributed by atoms with van der Waals surface area (Å²) in [5, 5.41) is 3.67. The highest BCUT2D eigenvalue weighted by Crippen LogP contribution is 2.35. The number of likely N-dealkylation sites (tertiary alicyclic amines) is 1. The lowest BCUT2D eigenvalue weighted by atomic mass is 9.79. The van der Waals surface area contributed by atoms with E-state index in [9.17, 15) is 4.79 Å². The molecule has 128 valence electrons. The van der Waals surface area contributed by atoms with Crippen LogP contribution in [0.25, 0.3) is 0 Å². The fourth-order valence-electron chi connectivity index (χ4n) is 3.12. The van der Waals surface area contributed by atoms with E-state index >= 15 is 0 Å². The summed E-state index contributed by atoms with van der Waals surface area (Å²) < 4.78 is 10.9. The fourth-order valence-corrected chi connectivity index (χ4v) is 3.12. The summed E-state index contributed by atoms with van der Waals surface area (Å²) in [5.74, 6) is 0.807. The number of carbonyl (C=O) groups excluding carboxylic acids is 1. The fraction of sp³-hybridized carbons (Fsp3) is 0.941. The predicted octanol–water partition coefficient (Wildman–Crippen LogP) is 2.65. The zero-order valence-corrected chi connectivity index (χ0v) is 14.8. The minimum Gasteiger partial charge on any atom is -0.444 e. The Morgan fingerprint density at radius 2 is 1.91 bits per heavy atom. The van der Waals surface area contributed by atoms with Gasteiger partial charge in [-0.15, -0.1) is 0 Å². The minimum atomic E-state index is -0.429. The van der Waals surface area contributed by atoms with Gasteiger partial charge in [0.05, 0.1) is 6.61 Å². The SMILES string of the molecule is COCC1(CN[C@@H]2C[C@H]2C)CCN(C(=O)OC(C)(C)C)CC1. The number of ether oxygens (including phenoxy) is 2. The van der Waals surface area contributed by atoms with E-state index in [1.54, 1.807) is 7.11 Å². The lowest BCUT2D eigenvalue weighted by molar-refractivity contribution is -0.00670. The van der Waals surface area contributed by atoms with Crippen molar-refractivity contribution >= 4 is 6.09 Å². The van der Waals surface area contributed by atoms with Gasteiger partial charge in [-0.05, 0) is 46.0 Å². The number of carbonyl (C=O) groups is 1. The Kier molecular flexibility index (Phi) is 5.38. The first kappa shape index (κ1) is 17.5. The molecule has 0 unspecified atom stereocenters. The quantitative estimate of drug-likeness (QED) is 0.848. The third kappa shape index (κ3) is 4.85. The Labute approximate surface area is 134 Å². The number of hydrogen-bond acceptors (Lipinski definition) is 4. The number of nitrogens with one attached hydrogen (secondary N) is 1. The van der Waals surface area contributed by atoms with Gasteiger partial charge in [0.15, 0.2) is 0 Å². The van der Waals surface area contributed by atoms with Crippen LogP contribution in [0.3, 0.4) is 0 Å². The van der Waals surface area contributed by atoms with Crippen LogP contribution < -0.4 is 5.32 Å². The summed E-state index contributed by atoms with van der Waals surface area (Å²) in [6.45, 7) is 11.2. The normalized spacial score (nSPS) is 27.6. The largest absolute Gasteiger partial charge is 0.444 e. The van der Waals surface area contributed by atoms with Gasteiger partial charge in [-0.3, -0.25) is 0 Å². The highest BCUT2D eigenvalue weighted by atomic mass is 16.6. The summed E-state index contributed by atoms with van der Waals surface area (Å²) in [4.78, 5) is 14.0. The van der Waals surface area contributed by atoms with Gasteiger partial charge in [0, 0.05) is 38.2 Å². The van der Waals surface area contributed by atoms with Crippen LogP contribution in [0.5, 0.6) is 0 Å². The van der Waals surface area contributed by atoms with E-state index in [0.717, 1.165) is 45.0 Å². The Bertz CT molecular complexity index is 384. The number of amides is 1. The van der Waals surface area contributed by atoms with E-state index in [4.69, 9.17) is 9.47 Å². The number of hydrogen-bond donors (Lipinski definition) is 1. The number of methoxy groups -OCH3 is 1. The molecule has 22 heavy (non-hydrogen) atoms. The minimum absolute atomic E-state index is 0.148. The second-order valence-corrected chi connectivity index (χ2v) is 8.10. The molecule has 0 aromatic heterocycles. The van der Waals surface area contributed by atoms with Crippen LogP contribution in [0.1, 0.15) is 47.0 Å². The number of rotatable bonds is 5. The van der Waals surface area contributed by atoms with E-state index in [-0.39, 0.29) is 11.5 Å². The maximum absolute atomic E-state index is 12.2. The summed E-state index contributed by atoms with van der Waals surface area (Å²) >= 11 is 0. The first-order valence-corrected chi connectivity index (χ1v) is 8.45. The highest BCUT2D eigenvalue weighted by Gasteiger charge is 2.40. The lowest BCUT2D eigenvalue weighted by Crippen LogP contribution is -2.50. The highest BCUT2D eigenvalue weighted by molar-refractivity contribution is 5.68. The van der Waals surface area contributed by atoms with Crippen molar-refractivity contribution in [3.05, 3.63) is 0 Å². The van der Waals surface area contributed by atoms with Crippen molar-refractivity contribution in [2.24, 2.45) is 11.3 Å². The summed E-state index contributed by atoms with van der Waals surface area (Å²) in [5.41, 5.74) is -0.280. The summed E-state index contributed by atoms with van der Waals surface area (Å²) in [7, 11) is 1.77. The van der Waals surface area contributed by atoms with Crippen LogP contribution in [-0.2, 0) is 9.47 Å². The zero-order valence-electron chi connectivity index (χ0n) is 14.8. The van der Waals surface area contributed by atoms with Gasteiger partial charge < -0.3 is 19.7 Å². The molecule has 0 spiro atoms. The molecule has 2 fully saturated rings. The third-order valence-corrected chi connectivity index (χ3v) is 4.78. The van der Waals surface area contributed by atoms with E-state index in [0.29, 0.717) is 6.04 Å². The molecule has 0 bridgehead atoms. The van der Waals surface area contributed by atoms with E-state index in [1.165, 1.54) is 6.42 Å². The molecule has 1 N–H and O–H groups in total. The maximum atomic E-state index is 12.2. The van der Waals surface area contributed by atoms with Crippen LogP contribution >= 0.6 is 0 Å². The lowest BCUT2D eigenvalue weighted by Gasteiger charge is -2.41. The molecule has 1 heterocycles. The molecule has 0 radical (unpaired) electrons. The second kappa shape index (κ2) is 6.75. The topological polar surface area (TPSA) is 50.8 Å². The molecule has 1 saturated carbocycles. The molecule has 2 aliphatic rings. The molecular weight excluding hydrogens is 280 g/mol. The Hall–Kier alpha value is -0.810. The van der Waals surface area contributed by atoms with Crippen molar-refractivity contribution in [1.29, 1.82) is 0 Å². The van der Waals surface area contributed by atoms with Gasteiger partial charge in [0.1, 0.15) is 5.60 Å². The van der Waals surface area contributed by atoms with Crippen LogP contribution in [0, 0.1) is 11.3 Å². The Balaban J connectivity index is 1.84. The Morgan fingerprint density at radius 1 is 1.32 bits per heavy atom. The van der Waals surface area contributed by atoms with Gasteiger partial charge in [0.2, 0.25) is 0 Å². The van der Waals surface area contributed by atoms with Crippen molar-refractivity contribution in [1.82, 2.24) is 10.2 Å². The molecule has 0 aromatic carbocycles. The van der Waals surface area contributed by atoms with Gasteiger partial charge in [-0.2, -0.15) is 0 Å². The Morgan fingerprint density at radius 3 is 2.36 bits per heavy atom. The number of piperidine rings is 1. The van der Waals surface area contributed by atoms with Gasteiger partial charge in [-0.25, -0.2) is 4.79 Å². The monoisotopic (exact) mass is 312 g/mol. The predicted molar refractivity (Wildman–Crippen MR) is 86.9 cm³/mol.